The Labute approximate surface area is 206 Å². The molecule has 0 saturated carbocycles. The summed E-state index contributed by atoms with van der Waals surface area (Å²) in [6, 6.07) is 5.53. The molecule has 9 heteroatoms. The van der Waals surface area contributed by atoms with Gasteiger partial charge >= 0.3 is 0 Å². The van der Waals surface area contributed by atoms with Crippen molar-refractivity contribution in [3.63, 3.8) is 0 Å². The SMILES string of the molecule is CCO[C@H]1CN(C(=S)N(C)C)C[C@H]1Nc1nc(CC)c(-c2ccc(Cl)cc2Cl)nc1CC. The van der Waals surface area contributed by atoms with Crippen LogP contribution in [-0.4, -0.2) is 70.8 Å². The van der Waals surface area contributed by atoms with E-state index >= 15 is 0 Å². The standard InChI is InChI=1S/C23H31Cl2N5OS/c1-6-17-21(15-10-9-14(24)11-16(15)25)26-18(7-2)22(27-17)28-19-12-30(23(32)29(4)5)13-20(19)31-8-3/h9-11,19-20H,6-8,12-13H2,1-5H3,(H,27,28)/t19-,20+/m1/s1. The molecule has 1 aliphatic rings. The summed E-state index contributed by atoms with van der Waals surface area (Å²) in [7, 11) is 3.93. The summed E-state index contributed by atoms with van der Waals surface area (Å²) in [6.07, 6.45) is 1.49. The van der Waals surface area contributed by atoms with Crippen molar-refractivity contribution in [3.05, 3.63) is 39.6 Å². The maximum atomic E-state index is 6.48. The zero-order chi connectivity index (χ0) is 23.4. The lowest BCUT2D eigenvalue weighted by Crippen LogP contribution is -2.38. The summed E-state index contributed by atoms with van der Waals surface area (Å²) in [5.74, 6) is 0.797. The fourth-order valence-corrected chi connectivity index (χ4v) is 4.57. The molecule has 2 aromatic rings. The maximum Gasteiger partial charge on any atom is 0.171 e. The number of likely N-dealkylation sites (tertiary alicyclic amines) is 1. The Balaban J connectivity index is 1.94. The molecule has 1 aromatic carbocycles. The molecule has 0 unspecified atom stereocenters. The molecule has 1 saturated heterocycles. The number of halogens is 2. The first-order valence-electron chi connectivity index (χ1n) is 11.0. The molecule has 0 amide bonds. The summed E-state index contributed by atoms with van der Waals surface area (Å²) in [5.41, 5.74) is 3.43. The largest absolute Gasteiger partial charge is 0.374 e. The Kier molecular flexibility index (Phi) is 8.55. The lowest BCUT2D eigenvalue weighted by molar-refractivity contribution is 0.0669. The number of anilines is 1. The molecule has 1 aliphatic heterocycles. The van der Waals surface area contributed by atoms with E-state index in [-0.39, 0.29) is 12.1 Å². The maximum absolute atomic E-state index is 6.48. The average molecular weight is 497 g/mol. The molecule has 0 bridgehead atoms. The number of nitrogens with one attached hydrogen (secondary N) is 1. The highest BCUT2D eigenvalue weighted by atomic mass is 35.5. The number of aryl methyl sites for hydroxylation is 2. The molecular weight excluding hydrogens is 465 g/mol. The van der Waals surface area contributed by atoms with E-state index in [9.17, 15) is 0 Å². The summed E-state index contributed by atoms with van der Waals surface area (Å²) < 4.78 is 6.04. The highest BCUT2D eigenvalue weighted by molar-refractivity contribution is 7.80. The molecule has 1 N–H and O–H groups in total. The van der Waals surface area contributed by atoms with Crippen LogP contribution in [0.1, 0.15) is 32.2 Å². The number of rotatable bonds is 7. The Morgan fingerprint density at radius 2 is 1.88 bits per heavy atom. The number of ether oxygens (including phenoxy) is 1. The number of nitrogens with zero attached hydrogens (tertiary/aromatic N) is 4. The van der Waals surface area contributed by atoms with Crippen molar-refractivity contribution in [2.24, 2.45) is 0 Å². The van der Waals surface area contributed by atoms with Gasteiger partial charge in [-0.15, -0.1) is 0 Å². The summed E-state index contributed by atoms with van der Waals surface area (Å²) in [5, 5.41) is 5.60. The molecule has 3 rings (SSSR count). The summed E-state index contributed by atoms with van der Waals surface area (Å²) in [6.45, 7) is 8.31. The van der Waals surface area contributed by atoms with Crippen LogP contribution in [0.25, 0.3) is 11.3 Å². The van der Waals surface area contributed by atoms with Crippen LogP contribution in [0.2, 0.25) is 10.0 Å². The highest BCUT2D eigenvalue weighted by Gasteiger charge is 2.36. The first-order valence-corrected chi connectivity index (χ1v) is 12.1. The first-order chi connectivity index (χ1) is 15.3. The van der Waals surface area contributed by atoms with Crippen LogP contribution in [0.5, 0.6) is 0 Å². The number of hydrogen-bond donors (Lipinski definition) is 1. The summed E-state index contributed by atoms with van der Waals surface area (Å²) in [4.78, 5) is 14.1. The van der Waals surface area contributed by atoms with Gasteiger partial charge in [-0.05, 0) is 50.2 Å². The Bertz CT molecular complexity index is 972. The number of aromatic nitrogens is 2. The number of thiocarbonyl (C=S) groups is 1. The molecule has 32 heavy (non-hydrogen) atoms. The van der Waals surface area contributed by atoms with Crippen molar-refractivity contribution in [1.82, 2.24) is 19.8 Å². The van der Waals surface area contributed by atoms with E-state index < -0.39 is 0 Å². The van der Waals surface area contributed by atoms with Gasteiger partial charge in [0.25, 0.3) is 0 Å². The van der Waals surface area contributed by atoms with Crippen molar-refractivity contribution in [1.29, 1.82) is 0 Å². The minimum atomic E-state index is 0.0138. The van der Waals surface area contributed by atoms with Gasteiger partial charge in [0.15, 0.2) is 5.11 Å². The quantitative estimate of drug-likeness (QED) is 0.546. The molecule has 1 aromatic heterocycles. The van der Waals surface area contributed by atoms with E-state index in [1.54, 1.807) is 6.07 Å². The lowest BCUT2D eigenvalue weighted by Gasteiger charge is -2.24. The topological polar surface area (TPSA) is 53.5 Å². The fraction of sp³-hybridized carbons (Fsp3) is 0.522. The smallest absolute Gasteiger partial charge is 0.171 e. The molecular formula is C23H31Cl2N5OS. The number of benzene rings is 1. The van der Waals surface area contributed by atoms with Crippen molar-refractivity contribution in [2.45, 2.75) is 45.8 Å². The van der Waals surface area contributed by atoms with Gasteiger partial charge in [0.1, 0.15) is 5.82 Å². The van der Waals surface area contributed by atoms with Gasteiger partial charge in [0, 0.05) is 44.4 Å². The molecule has 174 valence electrons. The van der Waals surface area contributed by atoms with Crippen molar-refractivity contribution >= 4 is 46.4 Å². The fourth-order valence-electron chi connectivity index (χ4n) is 3.92. The third kappa shape index (κ3) is 5.45. The highest BCUT2D eigenvalue weighted by Crippen LogP contribution is 2.33. The molecule has 0 spiro atoms. The second-order valence-electron chi connectivity index (χ2n) is 7.97. The van der Waals surface area contributed by atoms with E-state index in [1.807, 2.05) is 38.1 Å². The number of hydrogen-bond acceptors (Lipinski definition) is 5. The predicted molar refractivity (Wildman–Crippen MR) is 137 cm³/mol. The van der Waals surface area contributed by atoms with E-state index in [1.165, 1.54) is 0 Å². The van der Waals surface area contributed by atoms with Crippen LogP contribution in [0.3, 0.4) is 0 Å². The zero-order valence-corrected chi connectivity index (χ0v) is 21.6. The van der Waals surface area contributed by atoms with Crippen molar-refractivity contribution in [3.8, 4) is 11.3 Å². The van der Waals surface area contributed by atoms with E-state index in [0.29, 0.717) is 16.7 Å². The molecule has 2 atom stereocenters. The molecule has 6 nitrogen and oxygen atoms in total. The second kappa shape index (κ2) is 11.0. The van der Waals surface area contributed by atoms with Crippen LogP contribution in [0, 0.1) is 0 Å². The monoisotopic (exact) mass is 495 g/mol. The van der Waals surface area contributed by atoms with Crippen molar-refractivity contribution < 1.29 is 4.74 Å². The van der Waals surface area contributed by atoms with Gasteiger partial charge in [-0.25, -0.2) is 9.97 Å². The third-order valence-electron chi connectivity index (χ3n) is 5.52. The van der Waals surface area contributed by atoms with Crippen LogP contribution in [-0.2, 0) is 17.6 Å². The Hall–Kier alpha value is -1.67. The predicted octanol–water partition coefficient (Wildman–Crippen LogP) is 4.92. The van der Waals surface area contributed by atoms with Crippen LogP contribution in [0.4, 0.5) is 5.82 Å². The minimum Gasteiger partial charge on any atom is -0.374 e. The molecule has 0 radical (unpaired) electrons. The zero-order valence-electron chi connectivity index (χ0n) is 19.3. The third-order valence-corrected chi connectivity index (χ3v) is 6.69. The van der Waals surface area contributed by atoms with E-state index in [0.717, 1.165) is 59.5 Å². The Morgan fingerprint density at radius 3 is 2.47 bits per heavy atom. The van der Waals surface area contributed by atoms with Gasteiger partial charge in [-0.3, -0.25) is 0 Å². The minimum absolute atomic E-state index is 0.0138. The van der Waals surface area contributed by atoms with Crippen LogP contribution < -0.4 is 5.32 Å². The first kappa shape index (κ1) is 25.0. The van der Waals surface area contributed by atoms with Gasteiger partial charge in [-0.1, -0.05) is 37.0 Å². The molecule has 1 fully saturated rings. The normalized spacial score (nSPS) is 18.2. The van der Waals surface area contributed by atoms with Gasteiger partial charge < -0.3 is 19.9 Å². The van der Waals surface area contributed by atoms with Gasteiger partial charge in [0.05, 0.1) is 34.3 Å². The van der Waals surface area contributed by atoms with E-state index in [2.05, 4.69) is 24.1 Å². The Morgan fingerprint density at radius 1 is 1.16 bits per heavy atom. The van der Waals surface area contributed by atoms with Crippen molar-refractivity contribution in [2.75, 3.05) is 39.1 Å². The average Bonchev–Trinajstić information content (AvgIpc) is 3.15. The van der Waals surface area contributed by atoms with Crippen LogP contribution >= 0.6 is 35.4 Å². The second-order valence-corrected chi connectivity index (χ2v) is 9.18. The van der Waals surface area contributed by atoms with E-state index in [4.69, 9.17) is 50.1 Å². The lowest BCUT2D eigenvalue weighted by atomic mass is 10.1. The molecule has 2 heterocycles. The summed E-state index contributed by atoms with van der Waals surface area (Å²) >= 11 is 18.2. The van der Waals surface area contributed by atoms with Crippen LogP contribution in [0.15, 0.2) is 18.2 Å². The van der Waals surface area contributed by atoms with Gasteiger partial charge in [0.2, 0.25) is 0 Å². The molecule has 0 aliphatic carbocycles. The van der Waals surface area contributed by atoms with Gasteiger partial charge in [-0.2, -0.15) is 0 Å².